The van der Waals surface area contributed by atoms with Crippen molar-refractivity contribution in [1.82, 2.24) is 10.4 Å². The molecule has 3 nitrogen and oxygen atoms in total. The highest BCUT2D eigenvalue weighted by Gasteiger charge is 2.35. The molecule has 1 saturated heterocycles. The molecule has 1 aliphatic carbocycles. The lowest BCUT2D eigenvalue weighted by Crippen LogP contribution is -2.49. The number of hydrogen-bond acceptors (Lipinski definition) is 2. The van der Waals surface area contributed by atoms with Gasteiger partial charge in [0, 0.05) is 19.0 Å². The van der Waals surface area contributed by atoms with Gasteiger partial charge in [-0.05, 0) is 31.6 Å². The summed E-state index contributed by atoms with van der Waals surface area (Å²) < 4.78 is 0. The molecule has 3 heteroatoms. The molecule has 2 rings (SSSR count). The molecular weight excluding hydrogens is 164 g/mol. The fraction of sp³-hybridized carbons (Fsp3) is 0.900. The van der Waals surface area contributed by atoms with Gasteiger partial charge in [0.15, 0.2) is 0 Å². The molecule has 0 aromatic rings. The smallest absolute Gasteiger partial charge is 0.239 e. The number of rotatable bonds is 2. The van der Waals surface area contributed by atoms with E-state index in [1.165, 1.54) is 19.3 Å². The summed E-state index contributed by atoms with van der Waals surface area (Å²) in [7, 11) is 0. The Morgan fingerprint density at radius 3 is 2.77 bits per heavy atom. The van der Waals surface area contributed by atoms with Crippen molar-refractivity contribution in [2.75, 3.05) is 13.1 Å². The van der Waals surface area contributed by atoms with Crippen LogP contribution in [0.2, 0.25) is 0 Å². The van der Waals surface area contributed by atoms with Gasteiger partial charge < -0.3 is 0 Å². The summed E-state index contributed by atoms with van der Waals surface area (Å²) in [5, 5.41) is 1.83. The van der Waals surface area contributed by atoms with E-state index in [0.717, 1.165) is 19.5 Å². The molecule has 1 aliphatic heterocycles. The minimum absolute atomic E-state index is 0.241. The fourth-order valence-electron chi connectivity index (χ4n) is 1.92. The lowest BCUT2D eigenvalue weighted by atomic mass is 10.1. The normalized spacial score (nSPS) is 25.8. The molecule has 74 valence electrons. The Labute approximate surface area is 79.5 Å². The largest absolute Gasteiger partial charge is 0.278 e. The number of amides is 1. The van der Waals surface area contributed by atoms with Gasteiger partial charge in [-0.1, -0.05) is 6.92 Å². The molecule has 0 spiro atoms. The molecule has 0 bridgehead atoms. The zero-order valence-corrected chi connectivity index (χ0v) is 8.25. The summed E-state index contributed by atoms with van der Waals surface area (Å²) in [4.78, 5) is 11.8. The molecule has 1 atom stereocenters. The second-order valence-corrected chi connectivity index (χ2v) is 4.23. The van der Waals surface area contributed by atoms with E-state index in [-0.39, 0.29) is 5.92 Å². The van der Waals surface area contributed by atoms with Crippen LogP contribution < -0.4 is 5.43 Å². The Morgan fingerprint density at radius 2 is 2.23 bits per heavy atom. The van der Waals surface area contributed by atoms with E-state index in [1.807, 2.05) is 5.01 Å². The minimum atomic E-state index is 0.241. The van der Waals surface area contributed by atoms with Crippen molar-refractivity contribution in [2.45, 2.75) is 32.6 Å². The van der Waals surface area contributed by atoms with Gasteiger partial charge in [-0.25, -0.2) is 5.43 Å². The second-order valence-electron chi connectivity index (χ2n) is 4.23. The van der Waals surface area contributed by atoms with Crippen LogP contribution in [0.5, 0.6) is 0 Å². The maximum Gasteiger partial charge on any atom is 0.239 e. The van der Waals surface area contributed by atoms with Crippen LogP contribution in [0.25, 0.3) is 0 Å². The van der Waals surface area contributed by atoms with Gasteiger partial charge >= 0.3 is 0 Å². The lowest BCUT2D eigenvalue weighted by molar-refractivity contribution is -0.140. The van der Waals surface area contributed by atoms with Gasteiger partial charge in [0.25, 0.3) is 0 Å². The SMILES string of the molecule is CC(C(=O)N1CCCCN1)C1CC1. The molecule has 13 heavy (non-hydrogen) atoms. The number of nitrogens with one attached hydrogen (secondary N) is 1. The summed E-state index contributed by atoms with van der Waals surface area (Å²) >= 11 is 0. The van der Waals surface area contributed by atoms with E-state index in [4.69, 9.17) is 0 Å². The van der Waals surface area contributed by atoms with Gasteiger partial charge in [-0.3, -0.25) is 9.80 Å². The van der Waals surface area contributed by atoms with Gasteiger partial charge in [-0.2, -0.15) is 0 Å². The Hall–Kier alpha value is -0.570. The van der Waals surface area contributed by atoms with Crippen molar-refractivity contribution < 1.29 is 4.79 Å². The Kier molecular flexibility index (Phi) is 2.54. The monoisotopic (exact) mass is 182 g/mol. The van der Waals surface area contributed by atoms with Crippen molar-refractivity contribution in [3.8, 4) is 0 Å². The first-order valence-electron chi connectivity index (χ1n) is 5.34. The van der Waals surface area contributed by atoms with Crippen LogP contribution in [0.1, 0.15) is 32.6 Å². The van der Waals surface area contributed by atoms with Crippen molar-refractivity contribution in [1.29, 1.82) is 0 Å². The van der Waals surface area contributed by atoms with E-state index in [9.17, 15) is 4.79 Å². The first kappa shape index (κ1) is 9.00. The average Bonchev–Trinajstić information content (AvgIpc) is 3.00. The number of carbonyl (C=O) groups is 1. The number of nitrogens with zero attached hydrogens (tertiary/aromatic N) is 1. The van der Waals surface area contributed by atoms with Gasteiger partial charge in [0.2, 0.25) is 5.91 Å². The highest BCUT2D eigenvalue weighted by Crippen LogP contribution is 2.37. The van der Waals surface area contributed by atoms with E-state index in [1.54, 1.807) is 0 Å². The van der Waals surface area contributed by atoms with E-state index >= 15 is 0 Å². The van der Waals surface area contributed by atoms with E-state index < -0.39 is 0 Å². The van der Waals surface area contributed by atoms with Crippen molar-refractivity contribution in [3.63, 3.8) is 0 Å². The number of carbonyl (C=O) groups excluding carboxylic acids is 1. The predicted octanol–water partition coefficient (Wildman–Crippen LogP) is 1.16. The fourth-order valence-corrected chi connectivity index (χ4v) is 1.92. The van der Waals surface area contributed by atoms with E-state index in [0.29, 0.717) is 11.8 Å². The van der Waals surface area contributed by atoms with Crippen LogP contribution in [0.15, 0.2) is 0 Å². The first-order valence-corrected chi connectivity index (χ1v) is 5.34. The molecule has 1 unspecified atom stereocenters. The van der Waals surface area contributed by atoms with Gasteiger partial charge in [0.1, 0.15) is 0 Å². The molecule has 1 heterocycles. The molecule has 0 aromatic heterocycles. The molecule has 0 radical (unpaired) electrons. The van der Waals surface area contributed by atoms with Crippen LogP contribution in [0.3, 0.4) is 0 Å². The molecule has 1 saturated carbocycles. The van der Waals surface area contributed by atoms with E-state index in [2.05, 4.69) is 12.3 Å². The first-order chi connectivity index (χ1) is 6.29. The van der Waals surface area contributed by atoms with Gasteiger partial charge in [0.05, 0.1) is 0 Å². The Balaban J connectivity index is 1.86. The zero-order valence-electron chi connectivity index (χ0n) is 8.25. The molecule has 2 aliphatic rings. The predicted molar refractivity (Wildman–Crippen MR) is 50.8 cm³/mol. The maximum atomic E-state index is 11.8. The standard InChI is InChI=1S/C10H18N2O/c1-8(9-4-5-9)10(13)12-7-3-2-6-11-12/h8-9,11H,2-7H2,1H3. The summed E-state index contributed by atoms with van der Waals surface area (Å²) in [6.45, 7) is 3.93. The number of hydrazine groups is 1. The summed E-state index contributed by atoms with van der Waals surface area (Å²) in [6, 6.07) is 0. The topological polar surface area (TPSA) is 32.3 Å². The zero-order chi connectivity index (χ0) is 9.26. The maximum absolute atomic E-state index is 11.8. The molecule has 0 aromatic carbocycles. The van der Waals surface area contributed by atoms with Crippen LogP contribution in [-0.2, 0) is 4.79 Å². The van der Waals surface area contributed by atoms with Crippen LogP contribution in [-0.4, -0.2) is 24.0 Å². The quantitative estimate of drug-likeness (QED) is 0.695. The molecule has 2 fully saturated rings. The number of hydrogen-bond donors (Lipinski definition) is 1. The molecular formula is C10H18N2O. The van der Waals surface area contributed by atoms with Gasteiger partial charge in [-0.15, -0.1) is 0 Å². The highest BCUT2D eigenvalue weighted by atomic mass is 16.2. The molecule has 1 N–H and O–H groups in total. The highest BCUT2D eigenvalue weighted by molar-refractivity contribution is 5.78. The summed E-state index contributed by atoms with van der Waals surface area (Å²) in [5.41, 5.74) is 3.17. The third-order valence-electron chi connectivity index (χ3n) is 3.10. The third-order valence-corrected chi connectivity index (χ3v) is 3.10. The van der Waals surface area contributed by atoms with Crippen molar-refractivity contribution in [3.05, 3.63) is 0 Å². The Morgan fingerprint density at radius 1 is 1.46 bits per heavy atom. The second kappa shape index (κ2) is 3.66. The average molecular weight is 182 g/mol. The Bertz CT molecular complexity index is 195. The lowest BCUT2D eigenvalue weighted by Gasteiger charge is -2.29. The summed E-state index contributed by atoms with van der Waals surface area (Å²) in [5.74, 6) is 1.23. The van der Waals surface area contributed by atoms with Crippen LogP contribution in [0.4, 0.5) is 0 Å². The minimum Gasteiger partial charge on any atom is -0.278 e. The van der Waals surface area contributed by atoms with Crippen molar-refractivity contribution in [2.24, 2.45) is 11.8 Å². The van der Waals surface area contributed by atoms with Crippen LogP contribution >= 0.6 is 0 Å². The third kappa shape index (κ3) is 2.02. The summed E-state index contributed by atoms with van der Waals surface area (Å²) in [6.07, 6.45) is 4.85. The van der Waals surface area contributed by atoms with Crippen LogP contribution in [0, 0.1) is 11.8 Å². The van der Waals surface area contributed by atoms with Crippen molar-refractivity contribution >= 4 is 5.91 Å². The molecule has 1 amide bonds.